The van der Waals surface area contributed by atoms with Gasteiger partial charge in [-0.15, -0.1) is 0 Å². The van der Waals surface area contributed by atoms with E-state index >= 15 is 0 Å². The fraction of sp³-hybridized carbons (Fsp3) is 0.600. The molecule has 2 unspecified atom stereocenters. The average molecular weight is 422 g/mol. The van der Waals surface area contributed by atoms with Crippen LogP contribution < -0.4 is 5.32 Å². The van der Waals surface area contributed by atoms with E-state index in [1.54, 1.807) is 11.1 Å². The Bertz CT molecular complexity index is 707. The summed E-state index contributed by atoms with van der Waals surface area (Å²) in [5.41, 5.74) is 7.23. The van der Waals surface area contributed by atoms with E-state index in [0.29, 0.717) is 12.0 Å². The van der Waals surface area contributed by atoms with Gasteiger partial charge in [-0.2, -0.15) is 0 Å². The van der Waals surface area contributed by atoms with Crippen molar-refractivity contribution in [2.24, 2.45) is 11.8 Å². The third-order valence-electron chi connectivity index (χ3n) is 7.21. The molecule has 1 saturated carbocycles. The molecule has 1 N–H and O–H groups in total. The summed E-state index contributed by atoms with van der Waals surface area (Å²) in [7, 11) is 0. The van der Waals surface area contributed by atoms with Crippen molar-refractivity contribution in [1.82, 2.24) is 5.32 Å². The number of rotatable bonds is 7. The van der Waals surface area contributed by atoms with Gasteiger partial charge >= 0.3 is 0 Å². The lowest BCUT2D eigenvalue weighted by molar-refractivity contribution is 0.298. The fourth-order valence-electron chi connectivity index (χ4n) is 5.02. The summed E-state index contributed by atoms with van der Waals surface area (Å²) in [5.74, 6) is 1.33. The van der Waals surface area contributed by atoms with E-state index in [1.807, 2.05) is 6.08 Å². The summed E-state index contributed by atoms with van der Waals surface area (Å²) in [6.45, 7) is 17.1. The highest BCUT2D eigenvalue weighted by Crippen LogP contribution is 2.41. The van der Waals surface area contributed by atoms with E-state index in [2.05, 4.69) is 70.5 Å². The summed E-state index contributed by atoms with van der Waals surface area (Å²) in [4.78, 5) is 0. The van der Waals surface area contributed by atoms with Gasteiger partial charge in [0.1, 0.15) is 0 Å². The van der Waals surface area contributed by atoms with Crippen LogP contribution in [0.2, 0.25) is 0 Å². The molecule has 31 heavy (non-hydrogen) atoms. The Balaban J connectivity index is 0.000000785. The molecule has 0 bridgehead atoms. The zero-order valence-corrected chi connectivity index (χ0v) is 20.8. The monoisotopic (exact) mass is 421 g/mol. The molecule has 0 spiro atoms. The number of hydrogen-bond donors (Lipinski definition) is 1. The van der Waals surface area contributed by atoms with Crippen LogP contribution >= 0.6 is 0 Å². The predicted octanol–water partition coefficient (Wildman–Crippen LogP) is 8.98. The van der Waals surface area contributed by atoms with Gasteiger partial charge in [0.2, 0.25) is 0 Å². The van der Waals surface area contributed by atoms with Crippen molar-refractivity contribution in [3.8, 4) is 0 Å². The topological polar surface area (TPSA) is 12.0 Å². The van der Waals surface area contributed by atoms with Crippen LogP contribution in [0.25, 0.3) is 0 Å². The van der Waals surface area contributed by atoms with Gasteiger partial charge in [0.05, 0.1) is 6.04 Å². The minimum Gasteiger partial charge on any atom is -0.382 e. The Kier molecular flexibility index (Phi) is 11.2. The van der Waals surface area contributed by atoms with Crippen molar-refractivity contribution in [3.05, 3.63) is 71.5 Å². The number of allylic oxidation sites excluding steroid dienone is 8. The quantitative estimate of drug-likeness (QED) is 0.319. The van der Waals surface area contributed by atoms with E-state index in [1.165, 1.54) is 61.8 Å². The molecule has 0 heterocycles. The Hall–Kier alpha value is -1.76. The molecule has 1 heteroatoms. The predicted molar refractivity (Wildman–Crippen MR) is 139 cm³/mol. The van der Waals surface area contributed by atoms with Crippen LogP contribution in [0.3, 0.4) is 0 Å². The number of unbranched alkanes of at least 4 members (excludes halogenated alkanes) is 1. The van der Waals surface area contributed by atoms with Gasteiger partial charge in [0.15, 0.2) is 0 Å². The summed E-state index contributed by atoms with van der Waals surface area (Å²) in [5, 5.41) is 4.03. The van der Waals surface area contributed by atoms with Gasteiger partial charge in [-0.05, 0) is 63.4 Å². The van der Waals surface area contributed by atoms with E-state index in [4.69, 9.17) is 0 Å². The zero-order chi connectivity index (χ0) is 22.6. The fourth-order valence-corrected chi connectivity index (χ4v) is 5.02. The van der Waals surface area contributed by atoms with Gasteiger partial charge < -0.3 is 5.32 Å². The molecule has 0 aromatic carbocycles. The third kappa shape index (κ3) is 8.02. The second kappa shape index (κ2) is 13.6. The summed E-state index contributed by atoms with van der Waals surface area (Å²) in [6.07, 6.45) is 25.2. The highest BCUT2D eigenvalue weighted by Gasteiger charge is 2.33. The molecule has 2 atom stereocenters. The van der Waals surface area contributed by atoms with Crippen molar-refractivity contribution in [3.63, 3.8) is 0 Å². The normalized spacial score (nSPS) is 24.7. The van der Waals surface area contributed by atoms with Crippen molar-refractivity contribution in [1.29, 1.82) is 0 Å². The van der Waals surface area contributed by atoms with Gasteiger partial charge in [-0.3, -0.25) is 0 Å². The molecule has 0 aromatic heterocycles. The summed E-state index contributed by atoms with van der Waals surface area (Å²) < 4.78 is 0. The van der Waals surface area contributed by atoms with Gasteiger partial charge in [-0.1, -0.05) is 106 Å². The molecule has 1 nitrogen and oxygen atoms in total. The van der Waals surface area contributed by atoms with Crippen LogP contribution in [0, 0.1) is 11.8 Å². The third-order valence-corrected chi connectivity index (χ3v) is 7.21. The van der Waals surface area contributed by atoms with E-state index in [9.17, 15) is 0 Å². The van der Waals surface area contributed by atoms with Crippen LogP contribution in [0.15, 0.2) is 71.5 Å². The van der Waals surface area contributed by atoms with Crippen LogP contribution in [-0.4, -0.2) is 6.04 Å². The summed E-state index contributed by atoms with van der Waals surface area (Å²) >= 11 is 0. The molecule has 0 amide bonds. The molecule has 0 aliphatic heterocycles. The first-order chi connectivity index (χ1) is 15.0. The first-order valence-electron chi connectivity index (χ1n) is 12.8. The van der Waals surface area contributed by atoms with Gasteiger partial charge in [0.25, 0.3) is 0 Å². The first kappa shape index (κ1) is 25.5. The molecule has 172 valence electrons. The molecule has 0 aromatic rings. The number of hydrogen-bond acceptors (Lipinski definition) is 1. The second-order valence-corrected chi connectivity index (χ2v) is 9.73. The molecule has 1 fully saturated rings. The first-order valence-corrected chi connectivity index (χ1v) is 12.8. The second-order valence-electron chi connectivity index (χ2n) is 9.73. The maximum atomic E-state index is 4.25. The molecule has 3 rings (SSSR count). The average Bonchev–Trinajstić information content (AvgIpc) is 3.16. The lowest BCUT2D eigenvalue weighted by atomic mass is 9.79. The van der Waals surface area contributed by atoms with Crippen LogP contribution in [0.1, 0.15) is 98.3 Å². The molecular formula is C30H47N. The largest absolute Gasteiger partial charge is 0.382 e. The number of nitrogens with one attached hydrogen (secondary N) is 1. The molecule has 0 radical (unpaired) electrons. The van der Waals surface area contributed by atoms with Crippen LogP contribution in [0.4, 0.5) is 0 Å². The Labute approximate surface area is 193 Å². The van der Waals surface area contributed by atoms with Crippen molar-refractivity contribution < 1.29 is 0 Å². The standard InChI is InChI=1S/C26H37N.C4H10/c1-5-20(3)23-17-21(4)25(18-23)26(22-13-7-6-8-14-22)27-24-15-9-11-19(2)12-10-16-24;1-3-4-2/h5,9,11-12,16,22-23,26-27H,1,3,6-8,10,13-15,17-18H2,2,4H3;3-4H2,1-2H3/b11-9?,19-12-,24-16?;. The molecular weight excluding hydrogens is 374 g/mol. The van der Waals surface area contributed by atoms with E-state index in [-0.39, 0.29) is 0 Å². The van der Waals surface area contributed by atoms with Gasteiger partial charge in [-0.25, -0.2) is 0 Å². The molecule has 0 saturated heterocycles. The zero-order valence-electron chi connectivity index (χ0n) is 20.8. The maximum Gasteiger partial charge on any atom is 0.0501 e. The Morgan fingerprint density at radius 1 is 1.10 bits per heavy atom. The minimum absolute atomic E-state index is 0.497. The van der Waals surface area contributed by atoms with Crippen molar-refractivity contribution in [2.45, 2.75) is 104 Å². The lowest BCUT2D eigenvalue weighted by Gasteiger charge is -2.34. The SMILES string of the molecule is C=CC(=C)C1CC(C)=C(C(NC2=CC/C=C(/C)C=CC2)C2CCCCC2)C1.CCCC. The minimum atomic E-state index is 0.497. The Morgan fingerprint density at radius 3 is 2.45 bits per heavy atom. The maximum absolute atomic E-state index is 4.25. The Morgan fingerprint density at radius 2 is 1.81 bits per heavy atom. The van der Waals surface area contributed by atoms with E-state index in [0.717, 1.165) is 31.6 Å². The molecule has 3 aliphatic rings. The highest BCUT2D eigenvalue weighted by molar-refractivity contribution is 5.33. The van der Waals surface area contributed by atoms with Crippen molar-refractivity contribution >= 4 is 0 Å². The molecule has 3 aliphatic carbocycles. The van der Waals surface area contributed by atoms with Gasteiger partial charge in [0, 0.05) is 12.1 Å². The van der Waals surface area contributed by atoms with Crippen molar-refractivity contribution in [2.75, 3.05) is 0 Å². The summed E-state index contributed by atoms with van der Waals surface area (Å²) in [6, 6.07) is 0.497. The highest BCUT2D eigenvalue weighted by atomic mass is 14.9. The van der Waals surface area contributed by atoms with Crippen LogP contribution in [0.5, 0.6) is 0 Å². The smallest absolute Gasteiger partial charge is 0.0501 e. The van der Waals surface area contributed by atoms with E-state index < -0.39 is 0 Å². The lowest BCUT2D eigenvalue weighted by Crippen LogP contribution is -2.38. The van der Waals surface area contributed by atoms with Crippen LogP contribution in [-0.2, 0) is 0 Å².